The molecule has 2 N–H and O–H groups in total. The zero-order chi connectivity index (χ0) is 14.9. The summed E-state index contributed by atoms with van der Waals surface area (Å²) in [7, 11) is 0. The molecule has 0 bridgehead atoms. The first-order chi connectivity index (χ1) is 10.3. The fourth-order valence-corrected chi connectivity index (χ4v) is 2.81. The maximum atomic E-state index is 9.27. The van der Waals surface area contributed by atoms with Gasteiger partial charge in [0.15, 0.2) is 0 Å². The number of rotatable bonds is 9. The summed E-state index contributed by atoms with van der Waals surface area (Å²) < 4.78 is 5.69. The fourth-order valence-electron chi connectivity index (χ4n) is 2.81. The standard InChI is InChI=1S/C17H28N2O2/c1-2-11-21-17-7-3-5-15(12-17)13-19(9-10-20)14-16-6-4-8-18-16/h3,5,7,12,16,18,20H,2,4,6,8-11,13-14H2,1H3. The van der Waals surface area contributed by atoms with Gasteiger partial charge in [-0.3, -0.25) is 4.90 Å². The van der Waals surface area contributed by atoms with Gasteiger partial charge in [-0.2, -0.15) is 0 Å². The van der Waals surface area contributed by atoms with Crippen molar-refractivity contribution in [1.82, 2.24) is 10.2 Å². The highest BCUT2D eigenvalue weighted by molar-refractivity contribution is 5.28. The Bertz CT molecular complexity index is 406. The van der Waals surface area contributed by atoms with Crippen molar-refractivity contribution >= 4 is 0 Å². The second-order valence-electron chi connectivity index (χ2n) is 5.75. The van der Waals surface area contributed by atoms with Crippen molar-refractivity contribution in [1.29, 1.82) is 0 Å². The van der Waals surface area contributed by atoms with E-state index in [9.17, 15) is 5.11 Å². The van der Waals surface area contributed by atoms with E-state index in [1.165, 1.54) is 18.4 Å². The lowest BCUT2D eigenvalue weighted by atomic mass is 10.1. The van der Waals surface area contributed by atoms with Gasteiger partial charge < -0.3 is 15.2 Å². The van der Waals surface area contributed by atoms with Gasteiger partial charge >= 0.3 is 0 Å². The Kier molecular flexibility index (Phi) is 7.00. The number of benzene rings is 1. The Morgan fingerprint density at radius 2 is 2.33 bits per heavy atom. The van der Waals surface area contributed by atoms with Crippen LogP contribution in [-0.2, 0) is 6.54 Å². The van der Waals surface area contributed by atoms with Crippen LogP contribution in [0.2, 0.25) is 0 Å². The third kappa shape index (κ3) is 5.65. The van der Waals surface area contributed by atoms with Crippen LogP contribution in [0.15, 0.2) is 24.3 Å². The number of nitrogens with one attached hydrogen (secondary N) is 1. The van der Waals surface area contributed by atoms with Gasteiger partial charge in [0, 0.05) is 25.7 Å². The quantitative estimate of drug-likeness (QED) is 0.731. The maximum absolute atomic E-state index is 9.27. The summed E-state index contributed by atoms with van der Waals surface area (Å²) in [5.74, 6) is 0.942. The van der Waals surface area contributed by atoms with Crippen LogP contribution in [0.4, 0.5) is 0 Å². The summed E-state index contributed by atoms with van der Waals surface area (Å²) in [6.45, 7) is 6.79. The number of aliphatic hydroxyl groups excluding tert-OH is 1. The van der Waals surface area contributed by atoms with Crippen molar-refractivity contribution in [3.63, 3.8) is 0 Å². The van der Waals surface area contributed by atoms with Gasteiger partial charge in [0.2, 0.25) is 0 Å². The van der Waals surface area contributed by atoms with E-state index in [1.807, 2.05) is 12.1 Å². The number of ether oxygens (including phenoxy) is 1. The first kappa shape index (κ1) is 16.3. The van der Waals surface area contributed by atoms with Crippen LogP contribution < -0.4 is 10.1 Å². The summed E-state index contributed by atoms with van der Waals surface area (Å²) in [5, 5.41) is 12.8. The van der Waals surface area contributed by atoms with Crippen molar-refractivity contribution in [2.45, 2.75) is 38.8 Å². The number of nitrogens with zero attached hydrogens (tertiary/aromatic N) is 1. The summed E-state index contributed by atoms with van der Waals surface area (Å²) in [5.41, 5.74) is 1.25. The topological polar surface area (TPSA) is 44.7 Å². The smallest absolute Gasteiger partial charge is 0.119 e. The molecule has 1 saturated heterocycles. The highest BCUT2D eigenvalue weighted by Crippen LogP contribution is 2.16. The van der Waals surface area contributed by atoms with Gasteiger partial charge in [-0.05, 0) is 43.5 Å². The second kappa shape index (κ2) is 9.03. The van der Waals surface area contributed by atoms with Crippen molar-refractivity contribution in [3.8, 4) is 5.75 Å². The molecule has 4 nitrogen and oxygen atoms in total. The highest BCUT2D eigenvalue weighted by Gasteiger charge is 2.17. The largest absolute Gasteiger partial charge is 0.494 e. The van der Waals surface area contributed by atoms with Crippen molar-refractivity contribution in [2.75, 3.05) is 32.8 Å². The molecule has 1 aliphatic heterocycles. The molecule has 118 valence electrons. The third-order valence-corrected chi connectivity index (χ3v) is 3.83. The van der Waals surface area contributed by atoms with E-state index in [-0.39, 0.29) is 6.61 Å². The zero-order valence-electron chi connectivity index (χ0n) is 13.1. The third-order valence-electron chi connectivity index (χ3n) is 3.83. The minimum atomic E-state index is 0.207. The molecular weight excluding hydrogens is 264 g/mol. The molecule has 0 spiro atoms. The Labute approximate surface area is 128 Å². The van der Waals surface area contributed by atoms with Crippen LogP contribution in [0, 0.1) is 0 Å². The SMILES string of the molecule is CCCOc1cccc(CN(CCO)CC2CCCN2)c1. The van der Waals surface area contributed by atoms with Crippen LogP contribution in [0.5, 0.6) is 5.75 Å². The molecule has 1 aliphatic rings. The lowest BCUT2D eigenvalue weighted by Gasteiger charge is -2.25. The lowest BCUT2D eigenvalue weighted by molar-refractivity contribution is 0.179. The van der Waals surface area contributed by atoms with E-state index in [0.717, 1.165) is 45.0 Å². The molecule has 1 atom stereocenters. The Hall–Kier alpha value is -1.10. The van der Waals surface area contributed by atoms with E-state index in [2.05, 4.69) is 29.3 Å². The zero-order valence-corrected chi connectivity index (χ0v) is 13.1. The molecule has 1 aromatic carbocycles. The Morgan fingerprint density at radius 1 is 1.43 bits per heavy atom. The molecule has 1 unspecified atom stereocenters. The lowest BCUT2D eigenvalue weighted by Crippen LogP contribution is -2.38. The molecule has 2 rings (SSSR count). The van der Waals surface area contributed by atoms with E-state index in [0.29, 0.717) is 6.04 Å². The molecule has 1 fully saturated rings. The van der Waals surface area contributed by atoms with Gasteiger partial charge in [-0.1, -0.05) is 19.1 Å². The first-order valence-electron chi connectivity index (χ1n) is 8.10. The van der Waals surface area contributed by atoms with Crippen LogP contribution >= 0.6 is 0 Å². The summed E-state index contributed by atoms with van der Waals surface area (Å²) in [4.78, 5) is 2.32. The van der Waals surface area contributed by atoms with E-state index < -0.39 is 0 Å². The molecule has 0 saturated carbocycles. The normalized spacial score (nSPS) is 18.3. The fraction of sp³-hybridized carbons (Fsp3) is 0.647. The minimum absolute atomic E-state index is 0.207. The van der Waals surface area contributed by atoms with Crippen LogP contribution in [0.3, 0.4) is 0 Å². The van der Waals surface area contributed by atoms with Gasteiger partial charge in [0.25, 0.3) is 0 Å². The second-order valence-corrected chi connectivity index (χ2v) is 5.75. The number of hydrogen-bond donors (Lipinski definition) is 2. The van der Waals surface area contributed by atoms with Gasteiger partial charge in [-0.25, -0.2) is 0 Å². The highest BCUT2D eigenvalue weighted by atomic mass is 16.5. The average molecular weight is 292 g/mol. The Balaban J connectivity index is 1.91. The predicted molar refractivity (Wildman–Crippen MR) is 85.6 cm³/mol. The molecule has 1 aromatic rings. The minimum Gasteiger partial charge on any atom is -0.494 e. The number of hydrogen-bond acceptors (Lipinski definition) is 4. The van der Waals surface area contributed by atoms with Crippen LogP contribution in [-0.4, -0.2) is 48.9 Å². The molecule has 0 amide bonds. The monoisotopic (exact) mass is 292 g/mol. The van der Waals surface area contributed by atoms with Crippen LogP contribution in [0.1, 0.15) is 31.7 Å². The first-order valence-corrected chi connectivity index (χ1v) is 8.10. The predicted octanol–water partition coefficient (Wildman–Crippen LogP) is 2.02. The molecule has 21 heavy (non-hydrogen) atoms. The summed E-state index contributed by atoms with van der Waals surface area (Å²) in [6.07, 6.45) is 3.52. The molecular formula is C17H28N2O2. The van der Waals surface area contributed by atoms with Crippen molar-refractivity contribution in [2.24, 2.45) is 0 Å². The van der Waals surface area contributed by atoms with Gasteiger partial charge in [0.1, 0.15) is 5.75 Å². The molecule has 0 radical (unpaired) electrons. The number of aliphatic hydroxyl groups is 1. The van der Waals surface area contributed by atoms with E-state index in [4.69, 9.17) is 4.74 Å². The van der Waals surface area contributed by atoms with E-state index >= 15 is 0 Å². The molecule has 1 heterocycles. The van der Waals surface area contributed by atoms with E-state index in [1.54, 1.807) is 0 Å². The van der Waals surface area contributed by atoms with Gasteiger partial charge in [-0.15, -0.1) is 0 Å². The van der Waals surface area contributed by atoms with Crippen LogP contribution in [0.25, 0.3) is 0 Å². The van der Waals surface area contributed by atoms with Crippen molar-refractivity contribution < 1.29 is 9.84 Å². The van der Waals surface area contributed by atoms with Crippen molar-refractivity contribution in [3.05, 3.63) is 29.8 Å². The molecule has 0 aromatic heterocycles. The Morgan fingerprint density at radius 3 is 3.05 bits per heavy atom. The summed E-state index contributed by atoms with van der Waals surface area (Å²) in [6, 6.07) is 8.86. The summed E-state index contributed by atoms with van der Waals surface area (Å²) >= 11 is 0. The molecule has 0 aliphatic carbocycles. The van der Waals surface area contributed by atoms with Gasteiger partial charge in [0.05, 0.1) is 13.2 Å². The molecule has 4 heteroatoms. The maximum Gasteiger partial charge on any atom is 0.119 e. The average Bonchev–Trinajstić information content (AvgIpc) is 2.99.